The fraction of sp³-hybridized carbons (Fsp3) is 0.500. The molecule has 1 aromatic heterocycles. The van der Waals surface area contributed by atoms with Gasteiger partial charge in [-0.3, -0.25) is 14.4 Å². The maximum atomic E-state index is 12.6. The Balaban J connectivity index is 1.52. The van der Waals surface area contributed by atoms with Crippen molar-refractivity contribution in [3.05, 3.63) is 53.3 Å². The number of aliphatic hydroxyl groups excluding tert-OH is 1. The molecule has 3 rings (SSSR count). The average Bonchev–Trinajstić information content (AvgIpc) is 3.08. The number of fused-ring (bicyclic) bond motifs is 1. The molecule has 26 heavy (non-hydrogen) atoms. The summed E-state index contributed by atoms with van der Waals surface area (Å²) in [4.78, 5) is 16.8. The SMILES string of the molecule is CCN(Cc1ccccc1)C(=O)CCN1CCn2nc([C@H](C)O)cc2C1. The predicted molar refractivity (Wildman–Crippen MR) is 100 cm³/mol. The van der Waals surface area contributed by atoms with Crippen LogP contribution < -0.4 is 0 Å². The molecule has 0 radical (unpaired) electrons. The first-order valence-corrected chi connectivity index (χ1v) is 9.35. The van der Waals surface area contributed by atoms with E-state index in [0.717, 1.165) is 49.7 Å². The minimum absolute atomic E-state index is 0.195. The van der Waals surface area contributed by atoms with Crippen LogP contribution in [0.5, 0.6) is 0 Å². The van der Waals surface area contributed by atoms with Gasteiger partial charge >= 0.3 is 0 Å². The molecule has 1 atom stereocenters. The number of carbonyl (C=O) groups excluding carboxylic acids is 1. The van der Waals surface area contributed by atoms with Gasteiger partial charge in [0.2, 0.25) is 5.91 Å². The lowest BCUT2D eigenvalue weighted by molar-refractivity contribution is -0.132. The zero-order valence-corrected chi connectivity index (χ0v) is 15.6. The molecule has 0 fully saturated rings. The van der Waals surface area contributed by atoms with Crippen LogP contribution in [0.15, 0.2) is 36.4 Å². The van der Waals surface area contributed by atoms with Crippen LogP contribution in [0.2, 0.25) is 0 Å². The minimum Gasteiger partial charge on any atom is -0.387 e. The number of aliphatic hydroxyl groups is 1. The monoisotopic (exact) mass is 356 g/mol. The molecule has 1 aliphatic heterocycles. The van der Waals surface area contributed by atoms with Crippen LogP contribution >= 0.6 is 0 Å². The van der Waals surface area contributed by atoms with Crippen LogP contribution in [0.25, 0.3) is 0 Å². The highest BCUT2D eigenvalue weighted by Crippen LogP contribution is 2.18. The third-order valence-corrected chi connectivity index (χ3v) is 4.92. The van der Waals surface area contributed by atoms with Gasteiger partial charge in [-0.15, -0.1) is 0 Å². The molecular weight excluding hydrogens is 328 g/mol. The molecule has 140 valence electrons. The number of benzene rings is 1. The van der Waals surface area contributed by atoms with Gasteiger partial charge in [0, 0.05) is 39.1 Å². The van der Waals surface area contributed by atoms with Gasteiger partial charge in [-0.25, -0.2) is 0 Å². The lowest BCUT2D eigenvalue weighted by atomic mass is 10.2. The van der Waals surface area contributed by atoms with E-state index in [1.54, 1.807) is 6.92 Å². The van der Waals surface area contributed by atoms with Crippen molar-refractivity contribution in [1.29, 1.82) is 0 Å². The normalized spacial score (nSPS) is 15.5. The van der Waals surface area contributed by atoms with Gasteiger partial charge in [0.25, 0.3) is 0 Å². The van der Waals surface area contributed by atoms with Gasteiger partial charge in [0.1, 0.15) is 0 Å². The van der Waals surface area contributed by atoms with E-state index in [0.29, 0.717) is 13.0 Å². The molecule has 6 nitrogen and oxygen atoms in total. The number of nitrogens with zero attached hydrogens (tertiary/aromatic N) is 4. The van der Waals surface area contributed by atoms with Gasteiger partial charge in [0.15, 0.2) is 0 Å². The standard InChI is InChI=1S/C20H28N4O2/c1-3-23(14-17-7-5-4-6-8-17)20(26)9-10-22-11-12-24-18(15-22)13-19(21-24)16(2)25/h4-8,13,16,25H,3,9-12,14-15H2,1-2H3/t16-/m0/s1. The average molecular weight is 356 g/mol. The van der Waals surface area contributed by atoms with E-state index in [9.17, 15) is 9.90 Å². The zero-order valence-electron chi connectivity index (χ0n) is 15.6. The summed E-state index contributed by atoms with van der Waals surface area (Å²) in [6.07, 6.45) is -0.0165. The smallest absolute Gasteiger partial charge is 0.224 e. The summed E-state index contributed by atoms with van der Waals surface area (Å²) in [6.45, 7) is 8.36. The Bertz CT molecular complexity index is 727. The van der Waals surface area contributed by atoms with Crippen molar-refractivity contribution in [2.45, 2.75) is 46.0 Å². The van der Waals surface area contributed by atoms with Crippen LogP contribution in [-0.4, -0.2) is 50.2 Å². The first-order chi connectivity index (χ1) is 12.6. The minimum atomic E-state index is -0.542. The highest BCUT2D eigenvalue weighted by Gasteiger charge is 2.21. The molecule has 1 amide bonds. The van der Waals surface area contributed by atoms with Gasteiger partial charge in [0.05, 0.1) is 24.0 Å². The number of rotatable bonds is 7. The second kappa shape index (κ2) is 8.47. The van der Waals surface area contributed by atoms with Crippen LogP contribution in [0.4, 0.5) is 0 Å². The van der Waals surface area contributed by atoms with Crippen molar-refractivity contribution < 1.29 is 9.90 Å². The number of carbonyl (C=O) groups is 1. The quantitative estimate of drug-likeness (QED) is 0.826. The Kier molecular flexibility index (Phi) is 6.06. The second-order valence-electron chi connectivity index (χ2n) is 6.88. The predicted octanol–water partition coefficient (Wildman–Crippen LogP) is 2.19. The summed E-state index contributed by atoms with van der Waals surface area (Å²) >= 11 is 0. The Hall–Kier alpha value is -2.18. The van der Waals surface area contributed by atoms with E-state index in [-0.39, 0.29) is 5.91 Å². The van der Waals surface area contributed by atoms with E-state index in [1.165, 1.54) is 0 Å². The number of aromatic nitrogens is 2. The molecule has 0 bridgehead atoms. The van der Waals surface area contributed by atoms with E-state index in [2.05, 4.69) is 22.1 Å². The molecule has 0 saturated carbocycles. The molecular formula is C20H28N4O2. The van der Waals surface area contributed by atoms with E-state index >= 15 is 0 Å². The van der Waals surface area contributed by atoms with E-state index < -0.39 is 6.10 Å². The van der Waals surface area contributed by atoms with Gasteiger partial charge in [-0.05, 0) is 25.5 Å². The van der Waals surface area contributed by atoms with Crippen molar-refractivity contribution in [3.63, 3.8) is 0 Å². The molecule has 6 heteroatoms. The Morgan fingerprint density at radius 1 is 1.31 bits per heavy atom. The molecule has 2 heterocycles. The third kappa shape index (κ3) is 4.51. The first-order valence-electron chi connectivity index (χ1n) is 9.35. The Morgan fingerprint density at radius 3 is 2.77 bits per heavy atom. The van der Waals surface area contributed by atoms with Crippen LogP contribution in [-0.2, 0) is 24.4 Å². The maximum absolute atomic E-state index is 12.6. The van der Waals surface area contributed by atoms with Crippen molar-refractivity contribution in [2.24, 2.45) is 0 Å². The third-order valence-electron chi connectivity index (χ3n) is 4.92. The largest absolute Gasteiger partial charge is 0.387 e. The van der Waals surface area contributed by atoms with E-state index in [4.69, 9.17) is 0 Å². The Labute approximate surface area is 155 Å². The summed E-state index contributed by atoms with van der Waals surface area (Å²) in [5, 5.41) is 14.1. The molecule has 2 aromatic rings. The maximum Gasteiger partial charge on any atom is 0.224 e. The second-order valence-corrected chi connectivity index (χ2v) is 6.88. The summed E-state index contributed by atoms with van der Waals surface area (Å²) in [6, 6.07) is 12.1. The van der Waals surface area contributed by atoms with Crippen LogP contribution in [0.3, 0.4) is 0 Å². The zero-order chi connectivity index (χ0) is 18.5. The fourth-order valence-electron chi connectivity index (χ4n) is 3.33. The van der Waals surface area contributed by atoms with Crippen molar-refractivity contribution in [2.75, 3.05) is 19.6 Å². The van der Waals surface area contributed by atoms with E-state index in [1.807, 2.05) is 40.8 Å². The number of hydrogen-bond acceptors (Lipinski definition) is 4. The van der Waals surface area contributed by atoms with Crippen molar-refractivity contribution >= 4 is 5.91 Å². The molecule has 1 N–H and O–H groups in total. The van der Waals surface area contributed by atoms with Crippen LogP contribution in [0, 0.1) is 0 Å². The lowest BCUT2D eigenvalue weighted by Crippen LogP contribution is -2.38. The summed E-state index contributed by atoms with van der Waals surface area (Å²) in [5.74, 6) is 0.195. The summed E-state index contributed by atoms with van der Waals surface area (Å²) < 4.78 is 1.97. The van der Waals surface area contributed by atoms with Crippen molar-refractivity contribution in [3.8, 4) is 0 Å². The Morgan fingerprint density at radius 2 is 2.08 bits per heavy atom. The summed E-state index contributed by atoms with van der Waals surface area (Å²) in [5.41, 5.74) is 2.99. The fourth-order valence-corrected chi connectivity index (χ4v) is 3.33. The molecule has 1 aromatic carbocycles. The topological polar surface area (TPSA) is 61.6 Å². The van der Waals surface area contributed by atoms with Gasteiger partial charge in [-0.1, -0.05) is 30.3 Å². The summed E-state index contributed by atoms with van der Waals surface area (Å²) in [7, 11) is 0. The highest BCUT2D eigenvalue weighted by atomic mass is 16.3. The number of hydrogen-bond donors (Lipinski definition) is 1. The molecule has 0 spiro atoms. The molecule has 0 aliphatic carbocycles. The van der Waals surface area contributed by atoms with Gasteiger partial charge < -0.3 is 10.0 Å². The molecule has 0 unspecified atom stereocenters. The molecule has 0 saturated heterocycles. The van der Waals surface area contributed by atoms with Crippen molar-refractivity contribution in [1.82, 2.24) is 19.6 Å². The lowest BCUT2D eigenvalue weighted by Gasteiger charge is -2.28. The first kappa shape index (κ1) is 18.6. The highest BCUT2D eigenvalue weighted by molar-refractivity contribution is 5.76. The molecule has 1 aliphatic rings. The van der Waals surface area contributed by atoms with Crippen LogP contribution in [0.1, 0.15) is 43.3 Å². The van der Waals surface area contributed by atoms with Gasteiger partial charge in [-0.2, -0.15) is 5.10 Å². The number of amides is 1.